The third-order valence-electron chi connectivity index (χ3n) is 4.00. The topological polar surface area (TPSA) is 58.2 Å². The van der Waals surface area contributed by atoms with Gasteiger partial charge in [0.25, 0.3) is 5.91 Å². The first-order valence-corrected chi connectivity index (χ1v) is 8.04. The van der Waals surface area contributed by atoms with Crippen LogP contribution in [-0.2, 0) is 16.8 Å². The Kier molecular flexibility index (Phi) is 3.46. The molecule has 1 spiro atoms. The van der Waals surface area contributed by atoms with E-state index in [1.165, 1.54) is 18.4 Å². The Hall–Kier alpha value is -1.49. The summed E-state index contributed by atoms with van der Waals surface area (Å²) in [6.45, 7) is 2.18. The van der Waals surface area contributed by atoms with Gasteiger partial charge in [-0.1, -0.05) is 25.5 Å². The number of imide groups is 1. The molecule has 1 unspecified atom stereocenters. The normalized spacial score (nSPS) is 24.4. The fraction of sp³-hybridized carbons (Fsp3) is 0.467. The molecule has 3 rings (SSSR count). The SMILES string of the molecule is CCCCc1ccc2c(c1)SCCC21NC(=O)NC1=O. The first-order valence-electron chi connectivity index (χ1n) is 7.05. The highest BCUT2D eigenvalue weighted by Crippen LogP contribution is 2.42. The van der Waals surface area contributed by atoms with Crippen molar-refractivity contribution >= 4 is 23.7 Å². The van der Waals surface area contributed by atoms with Crippen LogP contribution in [0.4, 0.5) is 4.79 Å². The molecule has 0 radical (unpaired) electrons. The molecule has 0 aliphatic carbocycles. The van der Waals surface area contributed by atoms with Gasteiger partial charge in [-0.05, 0) is 30.9 Å². The number of carbonyl (C=O) groups excluding carboxylic acids is 2. The van der Waals surface area contributed by atoms with Crippen molar-refractivity contribution in [2.75, 3.05) is 5.75 Å². The van der Waals surface area contributed by atoms with Crippen LogP contribution in [-0.4, -0.2) is 17.7 Å². The number of unbranched alkanes of at least 4 members (excludes halogenated alkanes) is 1. The van der Waals surface area contributed by atoms with E-state index in [1.54, 1.807) is 11.8 Å². The van der Waals surface area contributed by atoms with Crippen LogP contribution in [0.1, 0.15) is 37.3 Å². The Balaban J connectivity index is 1.97. The molecule has 106 valence electrons. The quantitative estimate of drug-likeness (QED) is 0.841. The molecule has 20 heavy (non-hydrogen) atoms. The van der Waals surface area contributed by atoms with Crippen LogP contribution in [0.25, 0.3) is 0 Å². The van der Waals surface area contributed by atoms with Gasteiger partial charge in [0.1, 0.15) is 5.54 Å². The zero-order valence-corrected chi connectivity index (χ0v) is 12.3. The molecule has 5 heteroatoms. The van der Waals surface area contributed by atoms with Gasteiger partial charge in [0.15, 0.2) is 0 Å². The van der Waals surface area contributed by atoms with Gasteiger partial charge in [-0.3, -0.25) is 10.1 Å². The summed E-state index contributed by atoms with van der Waals surface area (Å²) in [6, 6.07) is 5.88. The molecule has 2 heterocycles. The number of nitrogens with one attached hydrogen (secondary N) is 2. The van der Waals surface area contributed by atoms with E-state index in [1.807, 2.05) is 6.07 Å². The molecular formula is C15H18N2O2S. The van der Waals surface area contributed by atoms with Crippen molar-refractivity contribution in [1.82, 2.24) is 10.6 Å². The Labute approximate surface area is 122 Å². The molecular weight excluding hydrogens is 272 g/mol. The third-order valence-corrected chi connectivity index (χ3v) is 5.06. The van der Waals surface area contributed by atoms with Crippen LogP contribution in [0.5, 0.6) is 0 Å². The highest BCUT2D eigenvalue weighted by molar-refractivity contribution is 7.99. The number of benzene rings is 1. The van der Waals surface area contributed by atoms with Gasteiger partial charge >= 0.3 is 6.03 Å². The minimum absolute atomic E-state index is 0.217. The molecule has 4 nitrogen and oxygen atoms in total. The van der Waals surface area contributed by atoms with Gasteiger partial charge in [-0.2, -0.15) is 0 Å². The number of urea groups is 1. The average Bonchev–Trinajstić information content (AvgIpc) is 2.71. The predicted octanol–water partition coefficient (Wildman–Crippen LogP) is 2.56. The van der Waals surface area contributed by atoms with Gasteiger partial charge in [0, 0.05) is 16.2 Å². The molecule has 1 aromatic rings. The van der Waals surface area contributed by atoms with E-state index >= 15 is 0 Å². The number of thioether (sulfide) groups is 1. The standard InChI is InChI=1S/C15H18N2O2S/c1-2-3-4-10-5-6-11-12(9-10)20-8-7-15(11)13(18)16-14(19)17-15/h5-6,9H,2-4,7-8H2,1H3,(H2,16,17,18,19). The minimum Gasteiger partial charge on any atom is -0.319 e. The maximum absolute atomic E-state index is 12.2. The number of aryl methyl sites for hydroxylation is 1. The number of amides is 3. The second kappa shape index (κ2) is 5.13. The van der Waals surface area contributed by atoms with Crippen molar-refractivity contribution in [3.8, 4) is 0 Å². The van der Waals surface area contributed by atoms with E-state index in [2.05, 4.69) is 29.7 Å². The largest absolute Gasteiger partial charge is 0.322 e. The molecule has 2 aliphatic rings. The first-order chi connectivity index (χ1) is 9.65. The highest BCUT2D eigenvalue weighted by Gasteiger charge is 2.49. The van der Waals surface area contributed by atoms with Crippen LogP contribution in [0.3, 0.4) is 0 Å². The van der Waals surface area contributed by atoms with E-state index in [-0.39, 0.29) is 11.9 Å². The van der Waals surface area contributed by atoms with E-state index < -0.39 is 5.54 Å². The average molecular weight is 290 g/mol. The molecule has 2 aliphatic heterocycles. The Morgan fingerprint density at radius 3 is 2.90 bits per heavy atom. The zero-order valence-electron chi connectivity index (χ0n) is 11.5. The molecule has 1 atom stereocenters. The lowest BCUT2D eigenvalue weighted by molar-refractivity contribution is -0.124. The minimum atomic E-state index is -0.846. The Morgan fingerprint density at radius 1 is 1.35 bits per heavy atom. The Morgan fingerprint density at radius 2 is 2.20 bits per heavy atom. The number of rotatable bonds is 3. The van der Waals surface area contributed by atoms with E-state index in [0.717, 1.165) is 22.6 Å². The van der Waals surface area contributed by atoms with Crippen molar-refractivity contribution in [2.24, 2.45) is 0 Å². The molecule has 0 saturated carbocycles. The molecule has 0 bridgehead atoms. The number of hydrogen-bond donors (Lipinski definition) is 2. The molecule has 1 saturated heterocycles. The van der Waals surface area contributed by atoms with Crippen LogP contribution in [0.2, 0.25) is 0 Å². The number of fused-ring (bicyclic) bond motifs is 2. The van der Waals surface area contributed by atoms with E-state index in [9.17, 15) is 9.59 Å². The van der Waals surface area contributed by atoms with Crippen LogP contribution >= 0.6 is 11.8 Å². The molecule has 0 aromatic heterocycles. The van der Waals surface area contributed by atoms with Crippen molar-refractivity contribution in [2.45, 2.75) is 43.0 Å². The van der Waals surface area contributed by atoms with Gasteiger partial charge in [-0.25, -0.2) is 4.79 Å². The molecule has 2 N–H and O–H groups in total. The predicted molar refractivity (Wildman–Crippen MR) is 78.7 cm³/mol. The Bertz CT molecular complexity index is 573. The smallest absolute Gasteiger partial charge is 0.319 e. The summed E-state index contributed by atoms with van der Waals surface area (Å²) in [5.41, 5.74) is 1.40. The van der Waals surface area contributed by atoms with Crippen LogP contribution < -0.4 is 10.6 Å². The van der Waals surface area contributed by atoms with Gasteiger partial charge in [0.05, 0.1) is 0 Å². The summed E-state index contributed by atoms with van der Waals surface area (Å²) >= 11 is 1.77. The lowest BCUT2D eigenvalue weighted by Crippen LogP contribution is -2.46. The summed E-state index contributed by atoms with van der Waals surface area (Å²) in [7, 11) is 0. The summed E-state index contributed by atoms with van der Waals surface area (Å²) < 4.78 is 0. The second-order valence-electron chi connectivity index (χ2n) is 5.35. The monoisotopic (exact) mass is 290 g/mol. The molecule has 1 aromatic carbocycles. The lowest BCUT2D eigenvalue weighted by atomic mass is 9.86. The van der Waals surface area contributed by atoms with Crippen LogP contribution in [0, 0.1) is 0 Å². The summed E-state index contributed by atoms with van der Waals surface area (Å²) in [6.07, 6.45) is 4.06. The fourth-order valence-corrected chi connectivity index (χ4v) is 4.14. The van der Waals surface area contributed by atoms with Gasteiger partial charge < -0.3 is 5.32 Å². The highest BCUT2D eigenvalue weighted by atomic mass is 32.2. The second-order valence-corrected chi connectivity index (χ2v) is 6.48. The van der Waals surface area contributed by atoms with Crippen molar-refractivity contribution in [3.63, 3.8) is 0 Å². The zero-order chi connectivity index (χ0) is 14.2. The molecule has 1 fully saturated rings. The lowest BCUT2D eigenvalue weighted by Gasteiger charge is -2.32. The number of hydrogen-bond acceptors (Lipinski definition) is 3. The molecule has 3 amide bonds. The van der Waals surface area contributed by atoms with Crippen molar-refractivity contribution < 1.29 is 9.59 Å². The van der Waals surface area contributed by atoms with E-state index in [0.29, 0.717) is 6.42 Å². The van der Waals surface area contributed by atoms with Crippen molar-refractivity contribution in [1.29, 1.82) is 0 Å². The van der Waals surface area contributed by atoms with Gasteiger partial charge in [0.2, 0.25) is 0 Å². The first kappa shape index (κ1) is 13.5. The summed E-state index contributed by atoms with van der Waals surface area (Å²) in [4.78, 5) is 24.8. The third kappa shape index (κ3) is 2.10. The number of carbonyl (C=O) groups is 2. The fourth-order valence-electron chi connectivity index (χ4n) is 2.88. The van der Waals surface area contributed by atoms with Crippen LogP contribution in [0.15, 0.2) is 23.1 Å². The van der Waals surface area contributed by atoms with Gasteiger partial charge in [-0.15, -0.1) is 11.8 Å². The summed E-state index contributed by atoms with van der Waals surface area (Å²) in [5.74, 6) is 0.628. The maximum atomic E-state index is 12.2. The summed E-state index contributed by atoms with van der Waals surface area (Å²) in [5, 5.41) is 5.19. The maximum Gasteiger partial charge on any atom is 0.322 e. The van der Waals surface area contributed by atoms with E-state index in [4.69, 9.17) is 0 Å². The van der Waals surface area contributed by atoms with Crippen molar-refractivity contribution in [3.05, 3.63) is 29.3 Å².